The summed E-state index contributed by atoms with van der Waals surface area (Å²) >= 11 is 4.72. The van der Waals surface area contributed by atoms with Gasteiger partial charge in [-0.15, -0.1) is 11.8 Å². The number of carbonyl (C=O) groups excluding carboxylic acids is 1. The molecule has 0 atom stereocenters. The largest absolute Gasteiger partial charge is 0.478 e. The third kappa shape index (κ3) is 5.63. The maximum absolute atomic E-state index is 11.7. The number of carboxylic acids is 1. The van der Waals surface area contributed by atoms with Crippen LogP contribution in [0.5, 0.6) is 0 Å². The second-order valence-electron chi connectivity index (χ2n) is 3.59. The smallest absolute Gasteiger partial charge is 0.335 e. The van der Waals surface area contributed by atoms with E-state index in [1.165, 1.54) is 23.9 Å². The van der Waals surface area contributed by atoms with E-state index >= 15 is 0 Å². The van der Waals surface area contributed by atoms with Crippen molar-refractivity contribution in [2.45, 2.75) is 0 Å². The van der Waals surface area contributed by atoms with Gasteiger partial charge in [-0.25, -0.2) is 4.79 Å². The average Bonchev–Trinajstić information content (AvgIpc) is 2.37. The van der Waals surface area contributed by atoms with Crippen LogP contribution in [0.2, 0.25) is 0 Å². The van der Waals surface area contributed by atoms with Gasteiger partial charge in [-0.05, 0) is 34.1 Å². The number of methoxy groups -OCH3 is 1. The Balaban J connectivity index is 2.58. The van der Waals surface area contributed by atoms with E-state index < -0.39 is 5.97 Å². The molecule has 0 bridgehead atoms. The standard InChI is InChI=1S/C12H14BrNO4S/c1-18-4-5-19-7-11(15)14-10-6-8(12(16)17)2-3-9(10)13/h2-3,6H,4-5,7H2,1H3,(H,14,15)(H,16,17). The van der Waals surface area contributed by atoms with E-state index in [1.807, 2.05) is 0 Å². The minimum absolute atomic E-state index is 0.130. The minimum Gasteiger partial charge on any atom is -0.478 e. The highest BCUT2D eigenvalue weighted by atomic mass is 79.9. The van der Waals surface area contributed by atoms with E-state index in [9.17, 15) is 9.59 Å². The number of benzene rings is 1. The van der Waals surface area contributed by atoms with Crippen LogP contribution >= 0.6 is 27.7 Å². The van der Waals surface area contributed by atoms with Crippen LogP contribution in [0.15, 0.2) is 22.7 Å². The molecule has 19 heavy (non-hydrogen) atoms. The van der Waals surface area contributed by atoms with Gasteiger partial charge in [0, 0.05) is 17.3 Å². The molecule has 104 valence electrons. The van der Waals surface area contributed by atoms with E-state index in [0.717, 1.165) is 5.75 Å². The second-order valence-corrected chi connectivity index (χ2v) is 5.55. The Morgan fingerprint density at radius 1 is 1.47 bits per heavy atom. The number of carboxylic acid groups (broad SMARTS) is 1. The van der Waals surface area contributed by atoms with Gasteiger partial charge in [-0.2, -0.15) is 0 Å². The van der Waals surface area contributed by atoms with Gasteiger partial charge in [0.15, 0.2) is 0 Å². The molecule has 0 saturated heterocycles. The highest BCUT2D eigenvalue weighted by molar-refractivity contribution is 9.10. The molecular formula is C12H14BrNO4S. The molecule has 1 aromatic carbocycles. The molecular weight excluding hydrogens is 334 g/mol. The summed E-state index contributed by atoms with van der Waals surface area (Å²) in [6.07, 6.45) is 0. The summed E-state index contributed by atoms with van der Waals surface area (Å²) in [5.41, 5.74) is 0.586. The molecule has 0 aromatic heterocycles. The number of anilines is 1. The first kappa shape index (κ1) is 16.0. The van der Waals surface area contributed by atoms with Gasteiger partial charge < -0.3 is 15.2 Å². The summed E-state index contributed by atoms with van der Waals surface area (Å²) in [6, 6.07) is 4.48. The molecule has 0 radical (unpaired) electrons. The van der Waals surface area contributed by atoms with Crippen LogP contribution in [-0.4, -0.2) is 42.2 Å². The molecule has 0 aliphatic rings. The van der Waals surface area contributed by atoms with Gasteiger partial charge in [0.1, 0.15) is 0 Å². The van der Waals surface area contributed by atoms with Crippen molar-refractivity contribution in [1.29, 1.82) is 0 Å². The van der Waals surface area contributed by atoms with Crippen LogP contribution in [0.1, 0.15) is 10.4 Å². The number of ether oxygens (including phenoxy) is 1. The summed E-state index contributed by atoms with van der Waals surface area (Å²) < 4.78 is 5.52. The lowest BCUT2D eigenvalue weighted by Gasteiger charge is -2.08. The Bertz CT molecular complexity index is 467. The Labute approximate surface area is 123 Å². The Kier molecular flexibility index (Phi) is 6.90. The fourth-order valence-electron chi connectivity index (χ4n) is 1.25. The monoisotopic (exact) mass is 347 g/mol. The summed E-state index contributed by atoms with van der Waals surface area (Å²) in [4.78, 5) is 22.5. The maximum Gasteiger partial charge on any atom is 0.335 e. The van der Waals surface area contributed by atoms with Crippen LogP contribution in [0, 0.1) is 0 Å². The fourth-order valence-corrected chi connectivity index (χ4v) is 2.28. The lowest BCUT2D eigenvalue weighted by Crippen LogP contribution is -2.15. The van der Waals surface area contributed by atoms with Crippen LogP contribution in [0.4, 0.5) is 5.69 Å². The van der Waals surface area contributed by atoms with Gasteiger partial charge in [-0.3, -0.25) is 4.79 Å². The predicted octanol–water partition coefficient (Wildman–Crippen LogP) is 2.47. The molecule has 0 spiro atoms. The maximum atomic E-state index is 11.7. The van der Waals surface area contributed by atoms with E-state index in [4.69, 9.17) is 9.84 Å². The molecule has 0 heterocycles. The van der Waals surface area contributed by atoms with Crippen molar-refractivity contribution in [3.8, 4) is 0 Å². The first-order chi connectivity index (χ1) is 9.04. The van der Waals surface area contributed by atoms with Crippen molar-refractivity contribution < 1.29 is 19.4 Å². The molecule has 1 aromatic rings. The Hall–Kier alpha value is -1.05. The quantitative estimate of drug-likeness (QED) is 0.741. The van der Waals surface area contributed by atoms with Crippen LogP contribution in [0.25, 0.3) is 0 Å². The zero-order chi connectivity index (χ0) is 14.3. The van der Waals surface area contributed by atoms with Gasteiger partial charge in [0.2, 0.25) is 5.91 Å². The molecule has 0 aliphatic carbocycles. The molecule has 1 rings (SSSR count). The van der Waals surface area contributed by atoms with Crippen molar-refractivity contribution in [3.05, 3.63) is 28.2 Å². The second kappa shape index (κ2) is 8.19. The SMILES string of the molecule is COCCSCC(=O)Nc1cc(C(=O)O)ccc1Br. The highest BCUT2D eigenvalue weighted by Gasteiger charge is 2.09. The number of hydrogen-bond donors (Lipinski definition) is 2. The van der Waals surface area contributed by atoms with Gasteiger partial charge in [0.25, 0.3) is 0 Å². The van der Waals surface area contributed by atoms with Crippen LogP contribution < -0.4 is 5.32 Å². The lowest BCUT2D eigenvalue weighted by atomic mass is 10.2. The number of carbonyl (C=O) groups is 2. The minimum atomic E-state index is -1.03. The number of rotatable bonds is 7. The fraction of sp³-hybridized carbons (Fsp3) is 0.333. The van der Waals surface area contributed by atoms with E-state index in [0.29, 0.717) is 22.5 Å². The molecule has 5 nitrogen and oxygen atoms in total. The van der Waals surface area contributed by atoms with E-state index in [2.05, 4.69) is 21.2 Å². The first-order valence-corrected chi connectivity index (χ1v) is 7.38. The van der Waals surface area contributed by atoms with Gasteiger partial charge in [0.05, 0.1) is 23.6 Å². The molecule has 0 fully saturated rings. The number of nitrogens with one attached hydrogen (secondary N) is 1. The van der Waals surface area contributed by atoms with Crippen molar-refractivity contribution in [2.75, 3.05) is 30.5 Å². The number of halogens is 1. The Morgan fingerprint density at radius 2 is 2.21 bits per heavy atom. The summed E-state index contributed by atoms with van der Waals surface area (Å²) in [5.74, 6) is -0.172. The zero-order valence-corrected chi connectivity index (χ0v) is 12.7. The number of amides is 1. The van der Waals surface area contributed by atoms with Crippen LogP contribution in [-0.2, 0) is 9.53 Å². The molecule has 0 saturated carbocycles. The average molecular weight is 348 g/mol. The molecule has 0 unspecified atom stereocenters. The number of hydrogen-bond acceptors (Lipinski definition) is 4. The van der Waals surface area contributed by atoms with E-state index in [-0.39, 0.29) is 11.5 Å². The molecule has 2 N–H and O–H groups in total. The number of aromatic carboxylic acids is 1. The van der Waals surface area contributed by atoms with Crippen molar-refractivity contribution in [2.24, 2.45) is 0 Å². The van der Waals surface area contributed by atoms with Crippen molar-refractivity contribution in [1.82, 2.24) is 0 Å². The topological polar surface area (TPSA) is 75.6 Å². The first-order valence-electron chi connectivity index (χ1n) is 5.44. The van der Waals surface area contributed by atoms with E-state index in [1.54, 1.807) is 13.2 Å². The third-order valence-electron chi connectivity index (χ3n) is 2.15. The molecule has 7 heteroatoms. The zero-order valence-electron chi connectivity index (χ0n) is 10.3. The van der Waals surface area contributed by atoms with Gasteiger partial charge in [-0.1, -0.05) is 0 Å². The third-order valence-corrected chi connectivity index (χ3v) is 3.77. The van der Waals surface area contributed by atoms with Crippen molar-refractivity contribution in [3.63, 3.8) is 0 Å². The summed E-state index contributed by atoms with van der Waals surface area (Å²) in [7, 11) is 1.61. The Morgan fingerprint density at radius 3 is 2.84 bits per heavy atom. The lowest BCUT2D eigenvalue weighted by molar-refractivity contribution is -0.113. The van der Waals surface area contributed by atoms with Gasteiger partial charge >= 0.3 is 5.97 Å². The predicted molar refractivity (Wildman–Crippen MR) is 78.9 cm³/mol. The highest BCUT2D eigenvalue weighted by Crippen LogP contribution is 2.23. The summed E-state index contributed by atoms with van der Waals surface area (Å²) in [5, 5.41) is 11.6. The summed E-state index contributed by atoms with van der Waals surface area (Å²) in [6.45, 7) is 0.593. The molecule has 0 aliphatic heterocycles. The van der Waals surface area contributed by atoms with Crippen molar-refractivity contribution >= 4 is 45.3 Å². The number of thioether (sulfide) groups is 1. The normalized spacial score (nSPS) is 10.2. The molecule has 1 amide bonds. The van der Waals surface area contributed by atoms with Crippen LogP contribution in [0.3, 0.4) is 0 Å².